The summed E-state index contributed by atoms with van der Waals surface area (Å²) in [7, 11) is 0. The lowest BCUT2D eigenvalue weighted by atomic mass is 10.0. The molecule has 0 saturated carbocycles. The zero-order valence-corrected chi connectivity index (χ0v) is 17.0. The largest absolute Gasteiger partial charge is 0.450 e. The molecular weight excluding hydrogens is 401 g/mol. The first-order valence-electron chi connectivity index (χ1n) is 9.55. The lowest BCUT2D eigenvalue weighted by Gasteiger charge is -2.20. The van der Waals surface area contributed by atoms with Gasteiger partial charge in [-0.05, 0) is 49.6 Å². The van der Waals surface area contributed by atoms with E-state index in [0.717, 1.165) is 10.7 Å². The van der Waals surface area contributed by atoms with Crippen LogP contribution in [0.1, 0.15) is 43.2 Å². The van der Waals surface area contributed by atoms with Crippen LogP contribution in [0, 0.1) is 5.92 Å². The Morgan fingerprint density at radius 2 is 1.83 bits per heavy atom. The standard InChI is InChI=1S/C20H25F3N4O3/c1-4-30-19(29)25-15(11-13(2)3)12-24-18(28)14-5-7-16(8-6-14)27-10-9-17(26-27)20(21,22)23/h5-10,13,15H,4,11-12H2,1-3H3,(H,24,28)(H,25,29). The monoisotopic (exact) mass is 426 g/mol. The van der Waals surface area contributed by atoms with Crippen LogP contribution in [0.15, 0.2) is 36.5 Å². The van der Waals surface area contributed by atoms with Gasteiger partial charge in [0.2, 0.25) is 0 Å². The number of alkyl carbamates (subject to hydrolysis) is 1. The number of carbonyl (C=O) groups excluding carboxylic acids is 2. The summed E-state index contributed by atoms with van der Waals surface area (Å²) in [5.41, 5.74) is -0.264. The van der Waals surface area contributed by atoms with Crippen molar-refractivity contribution in [2.45, 2.75) is 39.4 Å². The Balaban J connectivity index is 1.99. The Kier molecular flexibility index (Phi) is 7.85. The number of rotatable bonds is 8. The van der Waals surface area contributed by atoms with Gasteiger partial charge in [-0.15, -0.1) is 0 Å². The summed E-state index contributed by atoms with van der Waals surface area (Å²) in [6.07, 6.45) is -3.21. The van der Waals surface area contributed by atoms with E-state index >= 15 is 0 Å². The van der Waals surface area contributed by atoms with Crippen molar-refractivity contribution in [2.24, 2.45) is 5.92 Å². The zero-order valence-electron chi connectivity index (χ0n) is 17.0. The van der Waals surface area contributed by atoms with E-state index in [1.54, 1.807) is 6.92 Å². The van der Waals surface area contributed by atoms with E-state index < -0.39 is 18.0 Å². The van der Waals surface area contributed by atoms with Crippen molar-refractivity contribution in [1.82, 2.24) is 20.4 Å². The van der Waals surface area contributed by atoms with Crippen molar-refractivity contribution in [2.75, 3.05) is 13.2 Å². The predicted octanol–water partition coefficient (Wildman–Crippen LogP) is 3.78. The van der Waals surface area contributed by atoms with Gasteiger partial charge in [-0.1, -0.05) is 13.8 Å². The highest BCUT2D eigenvalue weighted by molar-refractivity contribution is 5.94. The fourth-order valence-corrected chi connectivity index (χ4v) is 2.80. The molecule has 10 heteroatoms. The SMILES string of the molecule is CCOC(=O)NC(CNC(=O)c1ccc(-n2ccc(C(F)(F)F)n2)cc1)CC(C)C. The second-order valence-electron chi connectivity index (χ2n) is 7.09. The van der Waals surface area contributed by atoms with Crippen molar-refractivity contribution >= 4 is 12.0 Å². The van der Waals surface area contributed by atoms with E-state index in [1.165, 1.54) is 30.5 Å². The molecule has 164 valence electrons. The first kappa shape index (κ1) is 23.2. The number of halogens is 3. The van der Waals surface area contributed by atoms with Crippen molar-refractivity contribution in [3.63, 3.8) is 0 Å². The Hall–Kier alpha value is -3.04. The molecule has 0 radical (unpaired) electrons. The number of benzene rings is 1. The van der Waals surface area contributed by atoms with E-state index in [2.05, 4.69) is 15.7 Å². The quantitative estimate of drug-likeness (QED) is 0.673. The number of hydrogen-bond donors (Lipinski definition) is 2. The zero-order chi connectivity index (χ0) is 22.3. The van der Waals surface area contributed by atoms with Gasteiger partial charge in [-0.25, -0.2) is 9.48 Å². The summed E-state index contributed by atoms with van der Waals surface area (Å²) in [5.74, 6) is -0.0683. The Morgan fingerprint density at radius 3 is 2.37 bits per heavy atom. The lowest BCUT2D eigenvalue weighted by molar-refractivity contribution is -0.141. The third-order valence-electron chi connectivity index (χ3n) is 4.14. The molecule has 2 rings (SSSR count). The molecular formula is C20H25F3N4O3. The molecule has 7 nitrogen and oxygen atoms in total. The van der Waals surface area contributed by atoms with Gasteiger partial charge >= 0.3 is 12.3 Å². The van der Waals surface area contributed by atoms with Crippen LogP contribution < -0.4 is 10.6 Å². The molecule has 30 heavy (non-hydrogen) atoms. The number of nitrogens with zero attached hydrogens (tertiary/aromatic N) is 2. The number of alkyl halides is 3. The Morgan fingerprint density at radius 1 is 1.17 bits per heavy atom. The summed E-state index contributed by atoms with van der Waals surface area (Å²) >= 11 is 0. The maximum Gasteiger partial charge on any atom is 0.435 e. The van der Waals surface area contributed by atoms with Gasteiger partial charge in [-0.2, -0.15) is 18.3 Å². The van der Waals surface area contributed by atoms with Gasteiger partial charge in [0.15, 0.2) is 5.69 Å². The number of amides is 2. The lowest BCUT2D eigenvalue weighted by Crippen LogP contribution is -2.44. The van der Waals surface area contributed by atoms with Crippen LogP contribution in [0.5, 0.6) is 0 Å². The number of aromatic nitrogens is 2. The number of hydrogen-bond acceptors (Lipinski definition) is 4. The predicted molar refractivity (Wildman–Crippen MR) is 104 cm³/mol. The minimum Gasteiger partial charge on any atom is -0.450 e. The fourth-order valence-electron chi connectivity index (χ4n) is 2.80. The topological polar surface area (TPSA) is 85.3 Å². The van der Waals surface area contributed by atoms with Crippen LogP contribution in [0.3, 0.4) is 0 Å². The number of carbonyl (C=O) groups is 2. The average Bonchev–Trinajstić information content (AvgIpc) is 3.16. The van der Waals surface area contributed by atoms with Gasteiger partial charge in [0.25, 0.3) is 5.91 Å². The third kappa shape index (κ3) is 6.78. The van der Waals surface area contributed by atoms with Gasteiger partial charge in [0.1, 0.15) is 0 Å². The highest BCUT2D eigenvalue weighted by Gasteiger charge is 2.33. The molecule has 2 aromatic rings. The van der Waals surface area contributed by atoms with Gasteiger partial charge in [-0.3, -0.25) is 4.79 Å². The number of nitrogens with one attached hydrogen (secondary N) is 2. The molecule has 0 spiro atoms. The molecule has 0 saturated heterocycles. The minimum absolute atomic E-state index is 0.214. The fraction of sp³-hybridized carbons (Fsp3) is 0.450. The smallest absolute Gasteiger partial charge is 0.435 e. The van der Waals surface area contributed by atoms with Crippen LogP contribution in [0.2, 0.25) is 0 Å². The molecule has 0 aliphatic heterocycles. The molecule has 0 bridgehead atoms. The average molecular weight is 426 g/mol. The van der Waals surface area contributed by atoms with E-state index in [-0.39, 0.29) is 25.1 Å². The second-order valence-corrected chi connectivity index (χ2v) is 7.09. The Bertz CT molecular complexity index is 848. The van der Waals surface area contributed by atoms with Crippen molar-refractivity contribution in [1.29, 1.82) is 0 Å². The first-order chi connectivity index (χ1) is 14.1. The van der Waals surface area contributed by atoms with E-state index in [4.69, 9.17) is 4.74 Å². The van der Waals surface area contributed by atoms with Crippen LogP contribution in [-0.2, 0) is 10.9 Å². The summed E-state index contributed by atoms with van der Waals surface area (Å²) in [5, 5.41) is 8.97. The van der Waals surface area contributed by atoms with Crippen LogP contribution in [0.25, 0.3) is 5.69 Å². The molecule has 1 aromatic carbocycles. The highest BCUT2D eigenvalue weighted by atomic mass is 19.4. The molecule has 1 aromatic heterocycles. The van der Waals surface area contributed by atoms with Crippen molar-refractivity contribution in [3.8, 4) is 5.69 Å². The maximum atomic E-state index is 12.7. The molecule has 0 aliphatic carbocycles. The van der Waals surface area contributed by atoms with Crippen LogP contribution in [0.4, 0.5) is 18.0 Å². The molecule has 2 amide bonds. The van der Waals surface area contributed by atoms with E-state index in [9.17, 15) is 22.8 Å². The maximum absolute atomic E-state index is 12.7. The van der Waals surface area contributed by atoms with Crippen molar-refractivity contribution in [3.05, 3.63) is 47.8 Å². The summed E-state index contributed by atoms with van der Waals surface area (Å²) in [4.78, 5) is 24.1. The third-order valence-corrected chi connectivity index (χ3v) is 4.14. The molecule has 0 aliphatic rings. The summed E-state index contributed by atoms with van der Waals surface area (Å²) in [6.45, 7) is 6.17. The molecule has 2 N–H and O–H groups in total. The number of ether oxygens (including phenoxy) is 1. The Labute approximate surface area is 172 Å². The van der Waals surface area contributed by atoms with Crippen molar-refractivity contribution < 1.29 is 27.5 Å². The molecule has 1 atom stereocenters. The summed E-state index contributed by atoms with van der Waals surface area (Å²) in [6, 6.07) is 6.59. The normalized spacial score (nSPS) is 12.5. The van der Waals surface area contributed by atoms with Gasteiger partial charge in [0.05, 0.1) is 12.3 Å². The van der Waals surface area contributed by atoms with E-state index in [1.807, 2.05) is 13.8 Å². The minimum atomic E-state index is -4.52. The van der Waals surface area contributed by atoms with E-state index in [0.29, 0.717) is 23.6 Å². The first-order valence-corrected chi connectivity index (χ1v) is 9.55. The summed E-state index contributed by atoms with van der Waals surface area (Å²) < 4.78 is 44.0. The molecule has 1 heterocycles. The second kappa shape index (κ2) is 10.1. The molecule has 0 fully saturated rings. The molecule has 1 unspecified atom stereocenters. The van der Waals surface area contributed by atoms with Gasteiger partial charge in [0, 0.05) is 24.3 Å². The van der Waals surface area contributed by atoms with Crippen LogP contribution in [-0.4, -0.2) is 41.0 Å². The van der Waals surface area contributed by atoms with Crippen LogP contribution >= 0.6 is 0 Å². The van der Waals surface area contributed by atoms with Gasteiger partial charge < -0.3 is 15.4 Å². The highest BCUT2D eigenvalue weighted by Crippen LogP contribution is 2.27.